The highest BCUT2D eigenvalue weighted by atomic mass is 16.1. The largest absolute Gasteiger partial charge is 0.354 e. The molecular formula is C15H18N2O. The topological polar surface area (TPSA) is 52.9 Å². The van der Waals surface area contributed by atoms with E-state index < -0.39 is 0 Å². The standard InChI is InChI=1S/C15H18N2O/c1-15(2,3)13-7-5-11(6-8-13)9-12(10-16)14(18)17-4/h5-9H,1-4H3,(H,17,18)/b12-9+. The first-order valence-corrected chi connectivity index (χ1v) is 5.83. The van der Waals surface area contributed by atoms with Gasteiger partial charge in [-0.2, -0.15) is 5.26 Å². The van der Waals surface area contributed by atoms with Crippen molar-refractivity contribution in [2.45, 2.75) is 26.2 Å². The van der Waals surface area contributed by atoms with Gasteiger partial charge in [0.1, 0.15) is 11.6 Å². The molecule has 0 saturated carbocycles. The third kappa shape index (κ3) is 3.46. The highest BCUT2D eigenvalue weighted by molar-refractivity contribution is 6.01. The van der Waals surface area contributed by atoms with Crippen molar-refractivity contribution in [2.24, 2.45) is 0 Å². The fraction of sp³-hybridized carbons (Fsp3) is 0.333. The summed E-state index contributed by atoms with van der Waals surface area (Å²) in [7, 11) is 1.51. The van der Waals surface area contributed by atoms with Crippen molar-refractivity contribution in [1.82, 2.24) is 5.32 Å². The smallest absolute Gasteiger partial charge is 0.261 e. The molecule has 0 aromatic heterocycles. The number of carbonyl (C=O) groups is 1. The predicted molar refractivity (Wildman–Crippen MR) is 72.8 cm³/mol. The van der Waals surface area contributed by atoms with E-state index in [1.807, 2.05) is 30.3 Å². The number of benzene rings is 1. The van der Waals surface area contributed by atoms with Gasteiger partial charge in [0.15, 0.2) is 0 Å². The second-order valence-corrected chi connectivity index (χ2v) is 5.12. The van der Waals surface area contributed by atoms with E-state index in [1.165, 1.54) is 12.6 Å². The van der Waals surface area contributed by atoms with Crippen molar-refractivity contribution in [2.75, 3.05) is 7.05 Å². The van der Waals surface area contributed by atoms with Crippen molar-refractivity contribution < 1.29 is 4.79 Å². The summed E-state index contributed by atoms with van der Waals surface area (Å²) in [5, 5.41) is 11.3. The highest BCUT2D eigenvalue weighted by Gasteiger charge is 2.13. The fourth-order valence-electron chi connectivity index (χ4n) is 1.53. The molecule has 18 heavy (non-hydrogen) atoms. The highest BCUT2D eigenvalue weighted by Crippen LogP contribution is 2.22. The number of rotatable bonds is 2. The van der Waals surface area contributed by atoms with Crippen LogP contribution in [0.4, 0.5) is 0 Å². The van der Waals surface area contributed by atoms with Crippen LogP contribution in [0.15, 0.2) is 29.8 Å². The molecule has 0 aliphatic carbocycles. The number of amides is 1. The van der Waals surface area contributed by atoms with E-state index in [2.05, 4.69) is 26.1 Å². The maximum Gasteiger partial charge on any atom is 0.261 e. The van der Waals surface area contributed by atoms with Gasteiger partial charge >= 0.3 is 0 Å². The van der Waals surface area contributed by atoms with E-state index in [0.717, 1.165) is 5.56 Å². The zero-order valence-corrected chi connectivity index (χ0v) is 11.2. The third-order valence-corrected chi connectivity index (χ3v) is 2.68. The van der Waals surface area contributed by atoms with E-state index in [1.54, 1.807) is 6.08 Å². The van der Waals surface area contributed by atoms with E-state index >= 15 is 0 Å². The lowest BCUT2D eigenvalue weighted by molar-refractivity contribution is -0.116. The van der Waals surface area contributed by atoms with Crippen molar-refractivity contribution >= 4 is 12.0 Å². The molecule has 1 aromatic carbocycles. The number of likely N-dealkylation sites (N-methyl/N-ethyl adjacent to an activating group) is 1. The van der Waals surface area contributed by atoms with Crippen molar-refractivity contribution in [1.29, 1.82) is 5.26 Å². The molecule has 0 spiro atoms. The molecule has 94 valence electrons. The minimum absolute atomic E-state index is 0.0983. The van der Waals surface area contributed by atoms with E-state index in [-0.39, 0.29) is 16.9 Å². The lowest BCUT2D eigenvalue weighted by atomic mass is 9.86. The van der Waals surface area contributed by atoms with Gasteiger partial charge in [-0.3, -0.25) is 4.79 Å². The Labute approximate surface area is 108 Å². The van der Waals surface area contributed by atoms with Crippen LogP contribution in [0.1, 0.15) is 31.9 Å². The van der Waals surface area contributed by atoms with Crippen LogP contribution in [0.2, 0.25) is 0 Å². The molecule has 0 fully saturated rings. The normalized spacial score (nSPS) is 11.8. The SMILES string of the molecule is CNC(=O)/C(C#N)=C/c1ccc(C(C)(C)C)cc1. The van der Waals surface area contributed by atoms with Crippen LogP contribution < -0.4 is 5.32 Å². The van der Waals surface area contributed by atoms with Crippen LogP contribution in [0.3, 0.4) is 0 Å². The van der Waals surface area contributed by atoms with Gasteiger partial charge in [0.25, 0.3) is 5.91 Å². The summed E-state index contributed by atoms with van der Waals surface area (Å²) < 4.78 is 0. The molecule has 3 nitrogen and oxygen atoms in total. The Morgan fingerprint density at radius 3 is 2.22 bits per heavy atom. The molecule has 1 amide bonds. The van der Waals surface area contributed by atoms with Crippen molar-refractivity contribution in [3.63, 3.8) is 0 Å². The van der Waals surface area contributed by atoms with Gasteiger partial charge < -0.3 is 5.32 Å². The van der Waals surface area contributed by atoms with Gasteiger partial charge in [0.05, 0.1) is 0 Å². The second-order valence-electron chi connectivity index (χ2n) is 5.12. The minimum atomic E-state index is -0.364. The number of nitrogens with zero attached hydrogens (tertiary/aromatic N) is 1. The molecule has 0 aliphatic rings. The molecule has 1 aromatic rings. The van der Waals surface area contributed by atoms with Crippen LogP contribution in [0, 0.1) is 11.3 Å². The minimum Gasteiger partial charge on any atom is -0.354 e. The molecule has 3 heteroatoms. The molecule has 0 unspecified atom stereocenters. The predicted octanol–water partition coefficient (Wildman–Crippen LogP) is 2.64. The molecule has 0 bridgehead atoms. The Morgan fingerprint density at radius 1 is 1.28 bits per heavy atom. The monoisotopic (exact) mass is 242 g/mol. The maximum absolute atomic E-state index is 11.4. The van der Waals surface area contributed by atoms with Gasteiger partial charge in [0, 0.05) is 7.05 Å². The maximum atomic E-state index is 11.4. The summed E-state index contributed by atoms with van der Waals surface area (Å²) in [6.07, 6.45) is 1.59. The first kappa shape index (κ1) is 14.0. The van der Waals surface area contributed by atoms with Crippen molar-refractivity contribution in [3.8, 4) is 6.07 Å². The van der Waals surface area contributed by atoms with Gasteiger partial charge in [-0.25, -0.2) is 0 Å². The van der Waals surface area contributed by atoms with Crippen LogP contribution in [0.5, 0.6) is 0 Å². The van der Waals surface area contributed by atoms with E-state index in [4.69, 9.17) is 5.26 Å². The van der Waals surface area contributed by atoms with Gasteiger partial charge in [-0.15, -0.1) is 0 Å². The van der Waals surface area contributed by atoms with E-state index in [0.29, 0.717) is 0 Å². The Morgan fingerprint density at radius 2 is 1.83 bits per heavy atom. The Balaban J connectivity index is 3.03. The summed E-state index contributed by atoms with van der Waals surface area (Å²) in [5.74, 6) is -0.364. The first-order chi connectivity index (χ1) is 8.38. The number of hydrogen-bond donors (Lipinski definition) is 1. The molecule has 1 rings (SSSR count). The average Bonchev–Trinajstić information content (AvgIpc) is 2.34. The summed E-state index contributed by atoms with van der Waals surface area (Å²) in [4.78, 5) is 11.4. The van der Waals surface area contributed by atoms with Gasteiger partial charge in [0.2, 0.25) is 0 Å². The summed E-state index contributed by atoms with van der Waals surface area (Å²) in [6.45, 7) is 6.43. The third-order valence-electron chi connectivity index (χ3n) is 2.68. The number of nitrogens with one attached hydrogen (secondary N) is 1. The quantitative estimate of drug-likeness (QED) is 0.640. The summed E-state index contributed by atoms with van der Waals surface area (Å²) in [5.41, 5.74) is 2.28. The summed E-state index contributed by atoms with van der Waals surface area (Å²) in [6, 6.07) is 9.77. The zero-order chi connectivity index (χ0) is 13.8. The van der Waals surface area contributed by atoms with Crippen molar-refractivity contribution in [3.05, 3.63) is 41.0 Å². The lowest BCUT2D eigenvalue weighted by Gasteiger charge is -2.18. The molecule has 0 heterocycles. The first-order valence-electron chi connectivity index (χ1n) is 5.83. The Hall–Kier alpha value is -2.08. The zero-order valence-electron chi connectivity index (χ0n) is 11.2. The Kier molecular flexibility index (Phi) is 4.28. The van der Waals surface area contributed by atoms with Gasteiger partial charge in [-0.05, 0) is 22.6 Å². The van der Waals surface area contributed by atoms with Gasteiger partial charge in [-0.1, -0.05) is 45.0 Å². The molecule has 0 saturated heterocycles. The molecule has 0 radical (unpaired) electrons. The molecular weight excluding hydrogens is 224 g/mol. The molecule has 1 N–H and O–H groups in total. The van der Waals surface area contributed by atoms with Crippen LogP contribution in [0.25, 0.3) is 6.08 Å². The second kappa shape index (κ2) is 5.50. The van der Waals surface area contributed by atoms with Crippen LogP contribution in [-0.4, -0.2) is 13.0 Å². The molecule has 0 aliphatic heterocycles. The van der Waals surface area contributed by atoms with E-state index in [9.17, 15) is 4.79 Å². The van der Waals surface area contributed by atoms with Crippen LogP contribution in [-0.2, 0) is 10.2 Å². The lowest BCUT2D eigenvalue weighted by Crippen LogP contribution is -2.19. The molecule has 0 atom stereocenters. The average molecular weight is 242 g/mol. The number of hydrogen-bond acceptors (Lipinski definition) is 2. The Bertz CT molecular complexity index is 499. The fourth-order valence-corrected chi connectivity index (χ4v) is 1.53. The number of carbonyl (C=O) groups excluding carboxylic acids is 1. The van der Waals surface area contributed by atoms with Crippen LogP contribution >= 0.6 is 0 Å². The number of nitriles is 1. The summed E-state index contributed by atoms with van der Waals surface area (Å²) >= 11 is 0.